The van der Waals surface area contributed by atoms with Crippen LogP contribution in [-0.4, -0.2) is 17.0 Å². The maximum absolute atomic E-state index is 2.37. The fraction of sp³-hybridized carbons (Fsp3) is 0.667. The average Bonchev–Trinajstić information content (AvgIpc) is 1.60. The maximum Gasteiger partial charge on any atom is 0.0511 e. The van der Waals surface area contributed by atoms with Gasteiger partial charge >= 0.3 is 0 Å². The standard InChI is InChI=1S/C6H9N/c1-4-6-3-7(4)5(6)2/h3-5H,1-2H3. The van der Waals surface area contributed by atoms with Gasteiger partial charge in [0.05, 0.1) is 12.1 Å². The van der Waals surface area contributed by atoms with E-state index in [2.05, 4.69) is 24.9 Å². The molecule has 38 valence electrons. The maximum atomic E-state index is 2.37. The SMILES string of the molecule is CC1C2=CN1C2C. The number of hydrogen-bond acceptors (Lipinski definition) is 1. The van der Waals surface area contributed by atoms with Gasteiger partial charge in [-0.15, -0.1) is 0 Å². The Morgan fingerprint density at radius 3 is 1.86 bits per heavy atom. The highest BCUT2D eigenvalue weighted by atomic mass is 15.3. The smallest absolute Gasteiger partial charge is 0.0511 e. The monoisotopic (exact) mass is 95.1 g/mol. The molecule has 0 aromatic heterocycles. The molecule has 1 heteroatoms. The lowest BCUT2D eigenvalue weighted by Crippen LogP contribution is -2.61. The molecule has 0 aromatic carbocycles. The van der Waals surface area contributed by atoms with Crippen LogP contribution in [0.15, 0.2) is 11.8 Å². The molecule has 3 aliphatic rings. The first-order valence-corrected chi connectivity index (χ1v) is 2.80. The highest BCUT2D eigenvalue weighted by Gasteiger charge is 2.44. The van der Waals surface area contributed by atoms with E-state index in [0.29, 0.717) is 0 Å². The summed E-state index contributed by atoms with van der Waals surface area (Å²) in [5.41, 5.74) is 1.64. The summed E-state index contributed by atoms with van der Waals surface area (Å²) in [5, 5.41) is 0. The third kappa shape index (κ3) is 0.182. The molecule has 3 aliphatic heterocycles. The minimum absolute atomic E-state index is 0.801. The van der Waals surface area contributed by atoms with Crippen LogP contribution in [0.3, 0.4) is 0 Å². The third-order valence-corrected chi connectivity index (χ3v) is 2.16. The van der Waals surface area contributed by atoms with Crippen LogP contribution in [0.2, 0.25) is 0 Å². The summed E-state index contributed by atoms with van der Waals surface area (Å²) in [6, 6.07) is 1.60. The summed E-state index contributed by atoms with van der Waals surface area (Å²) in [6.45, 7) is 4.49. The minimum atomic E-state index is 0.801. The van der Waals surface area contributed by atoms with E-state index in [1.165, 1.54) is 0 Å². The molecule has 3 rings (SSSR count). The Kier molecular flexibility index (Phi) is 0.366. The van der Waals surface area contributed by atoms with E-state index in [4.69, 9.17) is 0 Å². The van der Waals surface area contributed by atoms with Crippen molar-refractivity contribution in [2.45, 2.75) is 25.9 Å². The van der Waals surface area contributed by atoms with Crippen molar-refractivity contribution in [3.63, 3.8) is 0 Å². The van der Waals surface area contributed by atoms with Crippen molar-refractivity contribution in [2.24, 2.45) is 0 Å². The molecule has 0 saturated carbocycles. The molecule has 0 radical (unpaired) electrons. The van der Waals surface area contributed by atoms with Gasteiger partial charge in [-0.2, -0.15) is 0 Å². The van der Waals surface area contributed by atoms with Crippen molar-refractivity contribution in [1.29, 1.82) is 0 Å². The van der Waals surface area contributed by atoms with Crippen molar-refractivity contribution in [3.05, 3.63) is 11.8 Å². The van der Waals surface area contributed by atoms with Crippen molar-refractivity contribution in [2.75, 3.05) is 0 Å². The Morgan fingerprint density at radius 1 is 1.43 bits per heavy atom. The Hall–Kier alpha value is -0.460. The second-order valence-electron chi connectivity index (χ2n) is 2.43. The molecule has 2 unspecified atom stereocenters. The van der Waals surface area contributed by atoms with E-state index in [-0.39, 0.29) is 0 Å². The summed E-state index contributed by atoms with van der Waals surface area (Å²) in [7, 11) is 0. The van der Waals surface area contributed by atoms with Crippen molar-refractivity contribution < 1.29 is 0 Å². The normalized spacial score (nSPS) is 44.3. The van der Waals surface area contributed by atoms with Crippen LogP contribution in [0.25, 0.3) is 0 Å². The van der Waals surface area contributed by atoms with Gasteiger partial charge in [-0.25, -0.2) is 0 Å². The van der Waals surface area contributed by atoms with E-state index in [9.17, 15) is 0 Å². The summed E-state index contributed by atoms with van der Waals surface area (Å²) >= 11 is 0. The van der Waals surface area contributed by atoms with Crippen molar-refractivity contribution in [1.82, 2.24) is 4.90 Å². The molecule has 1 saturated heterocycles. The highest BCUT2D eigenvalue weighted by molar-refractivity contribution is 5.38. The zero-order valence-corrected chi connectivity index (χ0v) is 4.68. The van der Waals surface area contributed by atoms with Crippen LogP contribution >= 0.6 is 0 Å². The van der Waals surface area contributed by atoms with Crippen molar-refractivity contribution in [3.8, 4) is 0 Å². The van der Waals surface area contributed by atoms with Gasteiger partial charge in [0.15, 0.2) is 0 Å². The fourth-order valence-corrected chi connectivity index (χ4v) is 1.39. The predicted octanol–water partition coefficient (Wildman–Crippen LogP) is 0.976. The molecular formula is C6H9N. The van der Waals surface area contributed by atoms with E-state index in [1.807, 2.05) is 0 Å². The van der Waals surface area contributed by atoms with Crippen LogP contribution in [0.4, 0.5) is 0 Å². The predicted molar refractivity (Wildman–Crippen MR) is 28.8 cm³/mol. The summed E-state index contributed by atoms with van der Waals surface area (Å²) in [5.74, 6) is 0. The molecule has 2 bridgehead atoms. The van der Waals surface area contributed by atoms with Gasteiger partial charge in [-0.3, -0.25) is 0 Å². The summed E-state index contributed by atoms with van der Waals surface area (Å²) < 4.78 is 0. The Bertz CT molecular complexity index is 125. The molecular weight excluding hydrogens is 86.1 g/mol. The average molecular weight is 95.1 g/mol. The first kappa shape index (κ1) is 3.53. The van der Waals surface area contributed by atoms with E-state index >= 15 is 0 Å². The van der Waals surface area contributed by atoms with E-state index in [0.717, 1.165) is 12.1 Å². The lowest BCUT2D eigenvalue weighted by molar-refractivity contribution is 0.110. The first-order chi connectivity index (χ1) is 3.30. The van der Waals surface area contributed by atoms with Gasteiger partial charge in [0.2, 0.25) is 0 Å². The van der Waals surface area contributed by atoms with Gasteiger partial charge in [-0.05, 0) is 19.4 Å². The molecule has 0 amide bonds. The number of hydrogen-bond donors (Lipinski definition) is 0. The third-order valence-electron chi connectivity index (χ3n) is 2.16. The first-order valence-electron chi connectivity index (χ1n) is 2.80. The van der Waals surface area contributed by atoms with Gasteiger partial charge in [0, 0.05) is 6.20 Å². The molecule has 3 heterocycles. The van der Waals surface area contributed by atoms with Gasteiger partial charge in [0.1, 0.15) is 0 Å². The largest absolute Gasteiger partial charge is 0.364 e. The van der Waals surface area contributed by atoms with Crippen LogP contribution in [0, 0.1) is 0 Å². The van der Waals surface area contributed by atoms with Crippen LogP contribution in [0.1, 0.15) is 13.8 Å². The molecule has 0 aliphatic carbocycles. The Labute approximate surface area is 43.6 Å². The zero-order chi connectivity index (χ0) is 5.02. The van der Waals surface area contributed by atoms with Crippen LogP contribution in [0.5, 0.6) is 0 Å². The lowest BCUT2D eigenvalue weighted by Gasteiger charge is -2.57. The number of nitrogens with zero attached hydrogens (tertiary/aromatic N) is 1. The quantitative estimate of drug-likeness (QED) is 0.433. The Balaban J connectivity index is 2.26. The molecule has 1 fully saturated rings. The molecule has 0 aromatic rings. The topological polar surface area (TPSA) is 3.24 Å². The second-order valence-corrected chi connectivity index (χ2v) is 2.43. The van der Waals surface area contributed by atoms with E-state index in [1.54, 1.807) is 5.57 Å². The molecule has 0 N–H and O–H groups in total. The fourth-order valence-electron chi connectivity index (χ4n) is 1.39. The molecule has 0 spiro atoms. The lowest BCUT2D eigenvalue weighted by atomic mass is 9.81. The summed E-state index contributed by atoms with van der Waals surface area (Å²) in [6.07, 6.45) is 2.23. The van der Waals surface area contributed by atoms with Crippen LogP contribution < -0.4 is 0 Å². The minimum Gasteiger partial charge on any atom is -0.364 e. The molecule has 7 heavy (non-hydrogen) atoms. The second kappa shape index (κ2) is 0.726. The van der Waals surface area contributed by atoms with Crippen LogP contribution in [-0.2, 0) is 0 Å². The van der Waals surface area contributed by atoms with Crippen molar-refractivity contribution >= 4 is 0 Å². The summed E-state index contributed by atoms with van der Waals surface area (Å²) in [4.78, 5) is 2.37. The Morgan fingerprint density at radius 2 is 1.86 bits per heavy atom. The number of rotatable bonds is 0. The molecule has 1 nitrogen and oxygen atoms in total. The van der Waals surface area contributed by atoms with Gasteiger partial charge in [0.25, 0.3) is 0 Å². The zero-order valence-electron chi connectivity index (χ0n) is 4.68. The molecule has 2 atom stereocenters. The van der Waals surface area contributed by atoms with E-state index < -0.39 is 0 Å². The highest BCUT2D eigenvalue weighted by Crippen LogP contribution is 2.41. The van der Waals surface area contributed by atoms with Gasteiger partial charge in [-0.1, -0.05) is 0 Å². The van der Waals surface area contributed by atoms with Gasteiger partial charge < -0.3 is 4.90 Å².